The third-order valence-electron chi connectivity index (χ3n) is 5.57. The number of nitrogens with zero attached hydrogens (tertiary/aromatic N) is 1. The van der Waals surface area contributed by atoms with Gasteiger partial charge in [-0.3, -0.25) is 14.5 Å². The largest absolute Gasteiger partial charge is 0.444 e. The molecular formula is C24H36N4O4. The van der Waals surface area contributed by atoms with E-state index >= 15 is 0 Å². The first kappa shape index (κ1) is 24.0. The molecule has 0 bridgehead atoms. The van der Waals surface area contributed by atoms with Gasteiger partial charge in [-0.25, -0.2) is 4.79 Å². The van der Waals surface area contributed by atoms with Gasteiger partial charge in [0.25, 0.3) is 0 Å². The normalized spacial score (nSPS) is 20.2. The molecule has 8 nitrogen and oxygen atoms in total. The molecule has 1 aliphatic heterocycles. The van der Waals surface area contributed by atoms with Crippen LogP contribution in [0.25, 0.3) is 0 Å². The summed E-state index contributed by atoms with van der Waals surface area (Å²) in [5.41, 5.74) is 0.397. The second kappa shape index (κ2) is 10.8. The minimum Gasteiger partial charge on any atom is -0.444 e. The van der Waals surface area contributed by atoms with E-state index < -0.39 is 11.7 Å². The fraction of sp³-hybridized carbons (Fsp3) is 0.625. The quantitative estimate of drug-likeness (QED) is 0.535. The Hall–Kier alpha value is -2.61. The number of alkyl carbamates (subject to hydrolysis) is 1. The van der Waals surface area contributed by atoms with Crippen molar-refractivity contribution in [2.45, 2.75) is 64.1 Å². The molecule has 1 aromatic carbocycles. The molecule has 8 heteroatoms. The molecule has 1 aromatic rings. The monoisotopic (exact) mass is 444 g/mol. The van der Waals surface area contributed by atoms with E-state index in [2.05, 4.69) is 20.9 Å². The van der Waals surface area contributed by atoms with Crippen LogP contribution in [0.3, 0.4) is 0 Å². The lowest BCUT2D eigenvalue weighted by molar-refractivity contribution is -0.132. The molecule has 0 radical (unpaired) electrons. The summed E-state index contributed by atoms with van der Waals surface area (Å²) in [6, 6.07) is 9.68. The Balaban J connectivity index is 1.52. The molecule has 3 amide bonds. The standard InChI is InChI=1S/C24H36N4O4/c1-24(2,3)32-23(31)26-14-13-25-21(29)18-10-7-15-28(16-18)20(17-8-5-4-6-9-17)22(30)27-19-11-12-19/h4-6,8-9,18-20H,7,10-16H2,1-3H3,(H,25,29)(H,26,31)(H,27,30). The lowest BCUT2D eigenvalue weighted by Crippen LogP contribution is -2.49. The zero-order valence-electron chi connectivity index (χ0n) is 19.4. The van der Waals surface area contributed by atoms with Crippen LogP contribution in [0.5, 0.6) is 0 Å². The summed E-state index contributed by atoms with van der Waals surface area (Å²) < 4.78 is 5.19. The molecule has 2 unspecified atom stereocenters. The lowest BCUT2D eigenvalue weighted by atomic mass is 9.93. The second-order valence-electron chi connectivity index (χ2n) is 9.65. The van der Waals surface area contributed by atoms with Gasteiger partial charge in [-0.2, -0.15) is 0 Å². The Morgan fingerprint density at radius 3 is 2.41 bits per heavy atom. The number of benzene rings is 1. The summed E-state index contributed by atoms with van der Waals surface area (Å²) in [6.07, 6.45) is 3.22. The van der Waals surface area contributed by atoms with E-state index in [0.29, 0.717) is 19.6 Å². The van der Waals surface area contributed by atoms with Crippen LogP contribution < -0.4 is 16.0 Å². The van der Waals surface area contributed by atoms with Crippen molar-refractivity contribution in [2.75, 3.05) is 26.2 Å². The van der Waals surface area contributed by atoms with Crippen molar-refractivity contribution in [2.24, 2.45) is 5.92 Å². The fourth-order valence-electron chi connectivity index (χ4n) is 3.93. The molecule has 1 heterocycles. The van der Waals surface area contributed by atoms with Crippen molar-refractivity contribution in [3.05, 3.63) is 35.9 Å². The third kappa shape index (κ3) is 7.51. The molecular weight excluding hydrogens is 408 g/mol. The number of hydrogen-bond donors (Lipinski definition) is 3. The maximum Gasteiger partial charge on any atom is 0.407 e. The number of hydrogen-bond acceptors (Lipinski definition) is 5. The van der Waals surface area contributed by atoms with Gasteiger partial charge < -0.3 is 20.7 Å². The summed E-state index contributed by atoms with van der Waals surface area (Å²) >= 11 is 0. The molecule has 2 atom stereocenters. The van der Waals surface area contributed by atoms with E-state index in [1.165, 1.54) is 0 Å². The maximum atomic E-state index is 13.0. The van der Waals surface area contributed by atoms with Crippen molar-refractivity contribution in [1.82, 2.24) is 20.9 Å². The molecule has 3 N–H and O–H groups in total. The topological polar surface area (TPSA) is 99.8 Å². The number of carbonyl (C=O) groups is 3. The minimum absolute atomic E-state index is 0.0151. The Bertz CT molecular complexity index is 789. The Morgan fingerprint density at radius 2 is 1.75 bits per heavy atom. The number of piperidine rings is 1. The summed E-state index contributed by atoms with van der Waals surface area (Å²) in [5, 5.41) is 8.68. The van der Waals surface area contributed by atoms with Crippen LogP contribution in [-0.2, 0) is 14.3 Å². The average molecular weight is 445 g/mol. The van der Waals surface area contributed by atoms with Crippen molar-refractivity contribution in [1.29, 1.82) is 0 Å². The Kier molecular flexibility index (Phi) is 8.12. The van der Waals surface area contributed by atoms with Gasteiger partial charge in [0.15, 0.2) is 0 Å². The summed E-state index contributed by atoms with van der Waals surface area (Å²) in [5.74, 6) is -0.221. The predicted molar refractivity (Wildman–Crippen MR) is 122 cm³/mol. The zero-order valence-corrected chi connectivity index (χ0v) is 19.4. The minimum atomic E-state index is -0.556. The van der Waals surface area contributed by atoms with Gasteiger partial charge in [0, 0.05) is 25.7 Å². The van der Waals surface area contributed by atoms with E-state index in [4.69, 9.17) is 4.74 Å². The highest BCUT2D eigenvalue weighted by atomic mass is 16.6. The fourth-order valence-corrected chi connectivity index (χ4v) is 3.93. The Labute approximate surface area is 190 Å². The molecule has 3 rings (SSSR count). The van der Waals surface area contributed by atoms with E-state index in [1.54, 1.807) is 20.8 Å². The van der Waals surface area contributed by atoms with E-state index in [0.717, 1.165) is 37.8 Å². The zero-order chi connectivity index (χ0) is 23.1. The molecule has 0 spiro atoms. The molecule has 2 fully saturated rings. The van der Waals surface area contributed by atoms with Crippen LogP contribution >= 0.6 is 0 Å². The summed E-state index contributed by atoms with van der Waals surface area (Å²) in [7, 11) is 0. The average Bonchev–Trinajstić information content (AvgIpc) is 3.55. The molecule has 32 heavy (non-hydrogen) atoms. The van der Waals surface area contributed by atoms with Crippen LogP contribution in [0.2, 0.25) is 0 Å². The van der Waals surface area contributed by atoms with Gasteiger partial charge >= 0.3 is 6.09 Å². The maximum absolute atomic E-state index is 13.0. The number of carbonyl (C=O) groups excluding carboxylic acids is 3. The molecule has 1 aliphatic carbocycles. The number of likely N-dealkylation sites (tertiary alicyclic amines) is 1. The van der Waals surface area contributed by atoms with Crippen LogP contribution in [0.15, 0.2) is 30.3 Å². The Morgan fingerprint density at radius 1 is 1.06 bits per heavy atom. The van der Waals surface area contributed by atoms with Crippen molar-refractivity contribution >= 4 is 17.9 Å². The van der Waals surface area contributed by atoms with Gasteiger partial charge in [-0.05, 0) is 58.6 Å². The van der Waals surface area contributed by atoms with E-state index in [9.17, 15) is 14.4 Å². The van der Waals surface area contributed by atoms with Gasteiger partial charge in [0.2, 0.25) is 11.8 Å². The lowest BCUT2D eigenvalue weighted by Gasteiger charge is -2.37. The van der Waals surface area contributed by atoms with Gasteiger partial charge in [-0.15, -0.1) is 0 Å². The molecule has 1 saturated heterocycles. The number of ether oxygens (including phenoxy) is 1. The van der Waals surface area contributed by atoms with Crippen molar-refractivity contribution in [3.63, 3.8) is 0 Å². The van der Waals surface area contributed by atoms with E-state index in [1.807, 2.05) is 30.3 Å². The van der Waals surface area contributed by atoms with Crippen LogP contribution in [0.1, 0.15) is 58.1 Å². The van der Waals surface area contributed by atoms with Crippen LogP contribution in [0, 0.1) is 5.92 Å². The van der Waals surface area contributed by atoms with Crippen LogP contribution in [-0.4, -0.2) is 60.6 Å². The first-order valence-electron chi connectivity index (χ1n) is 11.6. The number of nitrogens with one attached hydrogen (secondary N) is 3. The summed E-state index contributed by atoms with van der Waals surface area (Å²) in [4.78, 5) is 39.6. The van der Waals surface area contributed by atoms with Crippen LogP contribution in [0.4, 0.5) is 4.79 Å². The van der Waals surface area contributed by atoms with Crippen molar-refractivity contribution < 1.29 is 19.1 Å². The molecule has 1 saturated carbocycles. The number of rotatable bonds is 8. The first-order chi connectivity index (χ1) is 15.2. The highest BCUT2D eigenvalue weighted by molar-refractivity contribution is 5.84. The van der Waals surface area contributed by atoms with Crippen molar-refractivity contribution in [3.8, 4) is 0 Å². The SMILES string of the molecule is CC(C)(C)OC(=O)NCCNC(=O)C1CCCN(C(C(=O)NC2CC2)c2ccccc2)C1. The van der Waals surface area contributed by atoms with Gasteiger partial charge in [0.05, 0.1) is 5.92 Å². The number of amides is 3. The molecule has 0 aromatic heterocycles. The highest BCUT2D eigenvalue weighted by Crippen LogP contribution is 2.29. The third-order valence-corrected chi connectivity index (χ3v) is 5.57. The first-order valence-corrected chi connectivity index (χ1v) is 11.6. The highest BCUT2D eigenvalue weighted by Gasteiger charge is 2.36. The smallest absolute Gasteiger partial charge is 0.407 e. The van der Waals surface area contributed by atoms with Gasteiger partial charge in [-0.1, -0.05) is 30.3 Å². The second-order valence-corrected chi connectivity index (χ2v) is 9.65. The van der Waals surface area contributed by atoms with Gasteiger partial charge in [0.1, 0.15) is 11.6 Å². The molecule has 2 aliphatic rings. The summed E-state index contributed by atoms with van der Waals surface area (Å²) in [6.45, 7) is 7.35. The molecule has 176 valence electrons. The van der Waals surface area contributed by atoms with E-state index in [-0.39, 0.29) is 29.8 Å². The predicted octanol–water partition coefficient (Wildman–Crippen LogP) is 2.36.